The number of hydrogen-bond donors (Lipinski definition) is 1. The number of amides is 1. The highest BCUT2D eigenvalue weighted by atomic mass is 35.5. The number of hydrogen-bond acceptors (Lipinski definition) is 4. The quantitative estimate of drug-likeness (QED) is 0.877. The highest BCUT2D eigenvalue weighted by Crippen LogP contribution is 2.32. The number of nitrogens with one attached hydrogen (secondary N) is 1. The smallest absolute Gasteiger partial charge is 0.253 e. The summed E-state index contributed by atoms with van der Waals surface area (Å²) in [5.41, 5.74) is 1.63. The molecule has 0 radical (unpaired) electrons. The van der Waals surface area contributed by atoms with Crippen LogP contribution >= 0.6 is 22.9 Å². The number of carbonyl (C=O) groups excluding carboxylic acids is 1. The normalized spacial score (nSPS) is 18.7. The minimum absolute atomic E-state index is 0.170. The Hall–Kier alpha value is -1.41. The lowest BCUT2D eigenvalue weighted by Crippen LogP contribution is -2.42. The lowest BCUT2D eigenvalue weighted by Gasteiger charge is -2.23. The Balaban J connectivity index is 1.83. The van der Waals surface area contributed by atoms with Crippen LogP contribution < -0.4 is 5.32 Å². The summed E-state index contributed by atoms with van der Waals surface area (Å²) in [6.07, 6.45) is 1.17. The third-order valence-electron chi connectivity index (χ3n) is 4.02. The first-order valence-corrected chi connectivity index (χ1v) is 10.2. The maximum atomic E-state index is 12.8. The second-order valence-corrected chi connectivity index (χ2v) is 9.47. The molecule has 0 spiro atoms. The number of aryl methyl sites for hydroxylation is 1. The van der Waals surface area contributed by atoms with Gasteiger partial charge in [0.15, 0.2) is 0 Å². The molecule has 0 saturated carbocycles. The van der Waals surface area contributed by atoms with Crippen LogP contribution in [0, 0.1) is 6.92 Å². The molecule has 1 aliphatic heterocycles. The van der Waals surface area contributed by atoms with Gasteiger partial charge in [0.2, 0.25) is 5.91 Å². The minimum Gasteiger partial charge on any atom is -0.324 e. The Kier molecular flexibility index (Phi) is 4.96. The summed E-state index contributed by atoms with van der Waals surface area (Å²) >= 11 is 6.86. The fourth-order valence-corrected chi connectivity index (χ4v) is 6.04. The van der Waals surface area contributed by atoms with Crippen molar-refractivity contribution < 1.29 is 13.2 Å². The Morgan fingerprint density at radius 1 is 1.29 bits per heavy atom. The minimum atomic E-state index is -3.71. The van der Waals surface area contributed by atoms with Crippen LogP contribution in [-0.2, 0) is 14.8 Å². The third kappa shape index (κ3) is 3.35. The number of para-hydroxylation sites is 1. The molecule has 1 N–H and O–H groups in total. The van der Waals surface area contributed by atoms with E-state index in [1.807, 2.05) is 25.1 Å². The van der Waals surface area contributed by atoms with Crippen LogP contribution in [0.25, 0.3) is 0 Å². The molecule has 1 fully saturated rings. The predicted octanol–water partition coefficient (Wildman–Crippen LogP) is 3.50. The SMILES string of the molecule is Cc1ccccc1NC(=O)[C@H]1CCCN1S(=O)(=O)c1ccc(Cl)s1. The summed E-state index contributed by atoms with van der Waals surface area (Å²) < 4.78 is 27.4. The zero-order valence-corrected chi connectivity index (χ0v) is 15.4. The lowest BCUT2D eigenvalue weighted by molar-refractivity contribution is -0.119. The van der Waals surface area contributed by atoms with E-state index in [9.17, 15) is 13.2 Å². The van der Waals surface area contributed by atoms with Crippen molar-refractivity contribution in [3.63, 3.8) is 0 Å². The van der Waals surface area contributed by atoms with E-state index < -0.39 is 16.1 Å². The first-order chi connectivity index (χ1) is 11.4. The van der Waals surface area contributed by atoms with Gasteiger partial charge in [0.25, 0.3) is 10.0 Å². The molecule has 24 heavy (non-hydrogen) atoms. The van der Waals surface area contributed by atoms with Crippen molar-refractivity contribution in [3.8, 4) is 0 Å². The lowest BCUT2D eigenvalue weighted by atomic mass is 10.1. The largest absolute Gasteiger partial charge is 0.324 e. The van der Waals surface area contributed by atoms with E-state index in [4.69, 9.17) is 11.6 Å². The molecular formula is C16H17ClN2O3S2. The number of carbonyl (C=O) groups is 1. The van der Waals surface area contributed by atoms with Crippen LogP contribution in [0.3, 0.4) is 0 Å². The van der Waals surface area contributed by atoms with Gasteiger partial charge in [-0.25, -0.2) is 8.42 Å². The van der Waals surface area contributed by atoms with Gasteiger partial charge in [-0.1, -0.05) is 29.8 Å². The van der Waals surface area contributed by atoms with Gasteiger partial charge in [0.05, 0.1) is 4.34 Å². The van der Waals surface area contributed by atoms with Crippen LogP contribution in [0.4, 0.5) is 5.69 Å². The second kappa shape index (κ2) is 6.84. The van der Waals surface area contributed by atoms with Gasteiger partial charge >= 0.3 is 0 Å². The molecule has 1 saturated heterocycles. The van der Waals surface area contributed by atoms with Crippen LogP contribution in [0.15, 0.2) is 40.6 Å². The highest BCUT2D eigenvalue weighted by Gasteiger charge is 2.40. The number of thiophene rings is 1. The Bertz CT molecular complexity index is 864. The molecule has 2 aromatic rings. The van der Waals surface area contributed by atoms with Gasteiger partial charge in [-0.3, -0.25) is 4.79 Å². The molecule has 1 atom stereocenters. The van der Waals surface area contributed by atoms with Crippen molar-refractivity contribution in [3.05, 3.63) is 46.3 Å². The fraction of sp³-hybridized carbons (Fsp3) is 0.312. The van der Waals surface area contributed by atoms with E-state index >= 15 is 0 Å². The van der Waals surface area contributed by atoms with E-state index in [2.05, 4.69) is 5.32 Å². The summed E-state index contributed by atoms with van der Waals surface area (Å²) in [6.45, 7) is 2.23. The molecule has 1 amide bonds. The molecule has 8 heteroatoms. The Morgan fingerprint density at radius 3 is 2.71 bits per heavy atom. The molecule has 0 bridgehead atoms. The molecule has 0 unspecified atom stereocenters. The third-order valence-corrected chi connectivity index (χ3v) is 7.63. The summed E-state index contributed by atoms with van der Waals surface area (Å²) in [4.78, 5) is 12.6. The van der Waals surface area contributed by atoms with E-state index in [0.29, 0.717) is 29.4 Å². The van der Waals surface area contributed by atoms with Gasteiger partial charge in [-0.05, 0) is 43.5 Å². The first kappa shape index (κ1) is 17.4. The highest BCUT2D eigenvalue weighted by molar-refractivity contribution is 7.91. The molecule has 2 heterocycles. The number of benzene rings is 1. The average molecular weight is 385 g/mol. The second-order valence-electron chi connectivity index (χ2n) is 5.64. The molecule has 0 aliphatic carbocycles. The standard InChI is InChI=1S/C16H17ClN2O3S2/c1-11-5-2-3-6-12(11)18-16(20)13-7-4-10-19(13)24(21,22)15-9-8-14(17)23-15/h2-3,5-6,8-9,13H,4,7,10H2,1H3,(H,18,20)/t13-/m1/s1. The molecule has 128 valence electrons. The van der Waals surface area contributed by atoms with Crippen molar-refractivity contribution >= 4 is 44.6 Å². The van der Waals surface area contributed by atoms with Gasteiger partial charge in [0.1, 0.15) is 10.3 Å². The maximum absolute atomic E-state index is 12.8. The van der Waals surface area contributed by atoms with Crippen LogP contribution in [0.1, 0.15) is 18.4 Å². The fourth-order valence-electron chi connectivity index (χ4n) is 2.77. The van der Waals surface area contributed by atoms with Gasteiger partial charge in [0, 0.05) is 12.2 Å². The van der Waals surface area contributed by atoms with E-state index in [1.165, 1.54) is 10.4 Å². The van der Waals surface area contributed by atoms with E-state index in [0.717, 1.165) is 16.9 Å². The molecule has 1 aromatic carbocycles. The first-order valence-electron chi connectivity index (χ1n) is 7.53. The summed E-state index contributed by atoms with van der Waals surface area (Å²) in [5.74, 6) is -0.298. The van der Waals surface area contributed by atoms with Gasteiger partial charge in [-0.2, -0.15) is 4.31 Å². The summed E-state index contributed by atoms with van der Waals surface area (Å²) in [6, 6.07) is 9.76. The Labute approximate surface area is 150 Å². The number of nitrogens with zero attached hydrogens (tertiary/aromatic N) is 1. The van der Waals surface area contributed by atoms with Crippen LogP contribution in [-0.4, -0.2) is 31.2 Å². The van der Waals surface area contributed by atoms with Crippen LogP contribution in [0.5, 0.6) is 0 Å². The predicted molar refractivity (Wildman–Crippen MR) is 96.1 cm³/mol. The zero-order chi connectivity index (χ0) is 17.3. The van der Waals surface area contributed by atoms with Gasteiger partial charge in [-0.15, -0.1) is 11.3 Å². The monoisotopic (exact) mass is 384 g/mol. The average Bonchev–Trinajstić information content (AvgIpc) is 3.18. The molecular weight excluding hydrogens is 368 g/mol. The molecule has 1 aliphatic rings. The molecule has 3 rings (SSSR count). The maximum Gasteiger partial charge on any atom is 0.253 e. The van der Waals surface area contributed by atoms with Crippen molar-refractivity contribution in [1.29, 1.82) is 0 Å². The number of anilines is 1. The number of halogens is 1. The van der Waals surface area contributed by atoms with Crippen molar-refractivity contribution in [1.82, 2.24) is 4.31 Å². The van der Waals surface area contributed by atoms with Gasteiger partial charge < -0.3 is 5.32 Å². The molecule has 5 nitrogen and oxygen atoms in total. The van der Waals surface area contributed by atoms with Crippen molar-refractivity contribution in [2.24, 2.45) is 0 Å². The number of sulfonamides is 1. The number of rotatable bonds is 4. The van der Waals surface area contributed by atoms with Crippen LogP contribution in [0.2, 0.25) is 4.34 Å². The van der Waals surface area contributed by atoms with Crippen molar-refractivity contribution in [2.75, 3.05) is 11.9 Å². The van der Waals surface area contributed by atoms with E-state index in [1.54, 1.807) is 12.1 Å². The van der Waals surface area contributed by atoms with Crippen molar-refractivity contribution in [2.45, 2.75) is 30.0 Å². The summed E-state index contributed by atoms with van der Waals surface area (Å²) in [7, 11) is -3.71. The topological polar surface area (TPSA) is 66.5 Å². The summed E-state index contributed by atoms with van der Waals surface area (Å²) in [5, 5.41) is 2.84. The Morgan fingerprint density at radius 2 is 2.04 bits per heavy atom. The zero-order valence-electron chi connectivity index (χ0n) is 13.0. The van der Waals surface area contributed by atoms with E-state index in [-0.39, 0.29) is 10.1 Å². The molecule has 1 aromatic heterocycles.